The zero-order valence-electron chi connectivity index (χ0n) is 10.7. The van der Waals surface area contributed by atoms with Crippen LogP contribution >= 0.6 is 0 Å². The zero-order chi connectivity index (χ0) is 14.0. The molecule has 2 rings (SSSR count). The molecule has 6 heteroatoms. The number of halogens is 1. The fraction of sp³-hybridized carbons (Fsp3) is 0.462. The number of anilines is 2. The molecule has 1 fully saturated rings. The maximum absolute atomic E-state index is 13.7. The Labute approximate surface area is 110 Å². The molecule has 3 N–H and O–H groups in total. The molecule has 104 valence electrons. The van der Waals surface area contributed by atoms with Crippen molar-refractivity contribution in [3.63, 3.8) is 0 Å². The summed E-state index contributed by atoms with van der Waals surface area (Å²) in [6, 6.07) is 2.36. The number of piperidine rings is 1. The largest absolute Gasteiger partial charge is 0.478 e. The number of carbonyl (C=O) groups is 1. The second-order valence-electron chi connectivity index (χ2n) is 4.64. The predicted molar refractivity (Wildman–Crippen MR) is 70.0 cm³/mol. The fourth-order valence-electron chi connectivity index (χ4n) is 2.37. The molecule has 1 saturated heterocycles. The molecule has 5 nitrogen and oxygen atoms in total. The summed E-state index contributed by atoms with van der Waals surface area (Å²) in [5.74, 6) is -2.08. The third-order valence-electron chi connectivity index (χ3n) is 3.40. The van der Waals surface area contributed by atoms with Crippen molar-refractivity contribution in [3.05, 3.63) is 23.5 Å². The van der Waals surface area contributed by atoms with E-state index in [1.807, 2.05) is 4.90 Å². The minimum atomic E-state index is -1.32. The second-order valence-corrected chi connectivity index (χ2v) is 4.64. The molecule has 1 unspecified atom stereocenters. The summed E-state index contributed by atoms with van der Waals surface area (Å²) in [6.45, 7) is 1.39. The highest BCUT2D eigenvalue weighted by Crippen LogP contribution is 2.29. The van der Waals surface area contributed by atoms with E-state index in [2.05, 4.69) is 0 Å². The van der Waals surface area contributed by atoms with Gasteiger partial charge < -0.3 is 20.5 Å². The summed E-state index contributed by atoms with van der Waals surface area (Å²) in [7, 11) is 1.64. The molecule has 0 radical (unpaired) electrons. The van der Waals surface area contributed by atoms with E-state index in [0.717, 1.165) is 19.4 Å². The first-order valence-electron chi connectivity index (χ1n) is 6.13. The third-order valence-corrected chi connectivity index (χ3v) is 3.40. The van der Waals surface area contributed by atoms with Crippen molar-refractivity contribution in [3.8, 4) is 0 Å². The molecule has 0 bridgehead atoms. The van der Waals surface area contributed by atoms with Crippen molar-refractivity contribution in [2.75, 3.05) is 30.8 Å². The Morgan fingerprint density at radius 1 is 1.58 bits per heavy atom. The number of carboxylic acid groups (broad SMARTS) is 1. The number of benzene rings is 1. The van der Waals surface area contributed by atoms with Gasteiger partial charge in [-0.25, -0.2) is 9.18 Å². The Bertz CT molecular complexity index is 493. The van der Waals surface area contributed by atoms with Crippen molar-refractivity contribution in [2.24, 2.45) is 0 Å². The van der Waals surface area contributed by atoms with Gasteiger partial charge in [-0.3, -0.25) is 0 Å². The van der Waals surface area contributed by atoms with Gasteiger partial charge in [0.2, 0.25) is 0 Å². The first-order chi connectivity index (χ1) is 9.02. The zero-order valence-corrected chi connectivity index (χ0v) is 10.7. The van der Waals surface area contributed by atoms with E-state index in [9.17, 15) is 9.18 Å². The molecule has 0 aromatic heterocycles. The fourth-order valence-corrected chi connectivity index (χ4v) is 2.37. The molecule has 1 aliphatic heterocycles. The van der Waals surface area contributed by atoms with Crippen molar-refractivity contribution in [1.82, 2.24) is 0 Å². The molecule has 0 aliphatic carbocycles. The molecule has 19 heavy (non-hydrogen) atoms. The summed E-state index contributed by atoms with van der Waals surface area (Å²) >= 11 is 0. The van der Waals surface area contributed by atoms with Crippen LogP contribution in [0.3, 0.4) is 0 Å². The normalized spacial score (nSPS) is 19.5. The lowest BCUT2D eigenvalue weighted by Crippen LogP contribution is -2.39. The molecule has 0 saturated carbocycles. The minimum Gasteiger partial charge on any atom is -0.478 e. The summed E-state index contributed by atoms with van der Waals surface area (Å²) < 4.78 is 19.0. The monoisotopic (exact) mass is 268 g/mol. The number of methoxy groups -OCH3 is 1. The molecule has 1 atom stereocenters. The van der Waals surface area contributed by atoms with Crippen LogP contribution < -0.4 is 10.6 Å². The number of nitrogen functional groups attached to an aromatic ring is 1. The van der Waals surface area contributed by atoms with Gasteiger partial charge in [0.05, 0.1) is 23.0 Å². The smallest absolute Gasteiger partial charge is 0.338 e. The number of carboxylic acids is 1. The van der Waals surface area contributed by atoms with E-state index < -0.39 is 17.3 Å². The number of aromatic carboxylic acids is 1. The number of hydrogen-bond donors (Lipinski definition) is 2. The van der Waals surface area contributed by atoms with Gasteiger partial charge in [-0.2, -0.15) is 0 Å². The standard InChI is InChI=1S/C13H17FN2O3/c1-19-8-3-2-4-16(7-8)12-6-10(14)9(13(17)18)5-11(12)15/h5-6,8H,2-4,7,15H2,1H3,(H,17,18). The van der Waals surface area contributed by atoms with Crippen LogP contribution in [0.4, 0.5) is 15.8 Å². The number of nitrogens with two attached hydrogens (primary N) is 1. The predicted octanol–water partition coefficient (Wildman–Crippen LogP) is 1.72. The number of rotatable bonds is 3. The van der Waals surface area contributed by atoms with Gasteiger partial charge >= 0.3 is 5.97 Å². The Hall–Kier alpha value is -1.82. The lowest BCUT2D eigenvalue weighted by atomic mass is 10.1. The molecule has 1 heterocycles. The molecule has 1 aromatic carbocycles. The first-order valence-corrected chi connectivity index (χ1v) is 6.13. The highest BCUT2D eigenvalue weighted by Gasteiger charge is 2.23. The molecule has 1 aromatic rings. The SMILES string of the molecule is COC1CCCN(c2cc(F)c(C(=O)O)cc2N)C1. The highest BCUT2D eigenvalue weighted by atomic mass is 19.1. The van der Waals surface area contributed by atoms with Crippen LogP contribution in [-0.2, 0) is 4.74 Å². The Morgan fingerprint density at radius 3 is 2.95 bits per heavy atom. The molecular formula is C13H17FN2O3. The van der Waals surface area contributed by atoms with Crippen LogP contribution in [0.15, 0.2) is 12.1 Å². The Morgan fingerprint density at radius 2 is 2.32 bits per heavy atom. The van der Waals surface area contributed by atoms with E-state index >= 15 is 0 Å². The van der Waals surface area contributed by atoms with Crippen molar-refractivity contribution in [2.45, 2.75) is 18.9 Å². The van der Waals surface area contributed by atoms with Crippen LogP contribution in [0.5, 0.6) is 0 Å². The Balaban J connectivity index is 2.30. The number of nitrogens with zero attached hydrogens (tertiary/aromatic N) is 1. The van der Waals surface area contributed by atoms with Gasteiger partial charge in [-0.15, -0.1) is 0 Å². The van der Waals surface area contributed by atoms with E-state index in [1.165, 1.54) is 12.1 Å². The molecular weight excluding hydrogens is 251 g/mol. The van der Waals surface area contributed by atoms with Crippen molar-refractivity contribution < 1.29 is 19.0 Å². The van der Waals surface area contributed by atoms with Gasteiger partial charge in [0, 0.05) is 26.3 Å². The summed E-state index contributed by atoms with van der Waals surface area (Å²) in [4.78, 5) is 12.8. The van der Waals surface area contributed by atoms with Crippen LogP contribution in [0.1, 0.15) is 23.2 Å². The van der Waals surface area contributed by atoms with Gasteiger partial charge in [0.15, 0.2) is 0 Å². The maximum Gasteiger partial charge on any atom is 0.338 e. The van der Waals surface area contributed by atoms with E-state index in [1.54, 1.807) is 7.11 Å². The summed E-state index contributed by atoms with van der Waals surface area (Å²) in [5.41, 5.74) is 6.24. The minimum absolute atomic E-state index is 0.0929. The van der Waals surface area contributed by atoms with E-state index in [0.29, 0.717) is 12.2 Å². The molecule has 1 aliphatic rings. The Kier molecular flexibility index (Phi) is 3.90. The van der Waals surface area contributed by atoms with Crippen molar-refractivity contribution in [1.29, 1.82) is 0 Å². The number of hydrogen-bond acceptors (Lipinski definition) is 4. The second kappa shape index (κ2) is 5.44. The quantitative estimate of drug-likeness (QED) is 0.816. The van der Waals surface area contributed by atoms with Crippen LogP contribution in [0.25, 0.3) is 0 Å². The van der Waals surface area contributed by atoms with Crippen LogP contribution in [0.2, 0.25) is 0 Å². The lowest BCUT2D eigenvalue weighted by Gasteiger charge is -2.34. The van der Waals surface area contributed by atoms with Gasteiger partial charge in [-0.1, -0.05) is 0 Å². The lowest BCUT2D eigenvalue weighted by molar-refractivity contribution is 0.0692. The average molecular weight is 268 g/mol. The average Bonchev–Trinajstić information content (AvgIpc) is 2.40. The number of ether oxygens (including phenoxy) is 1. The van der Waals surface area contributed by atoms with Crippen molar-refractivity contribution >= 4 is 17.3 Å². The molecule has 0 spiro atoms. The highest BCUT2D eigenvalue weighted by molar-refractivity contribution is 5.91. The summed E-state index contributed by atoms with van der Waals surface area (Å²) in [5, 5.41) is 8.84. The van der Waals surface area contributed by atoms with Gasteiger partial charge in [0.1, 0.15) is 5.82 Å². The summed E-state index contributed by atoms with van der Waals surface area (Å²) in [6.07, 6.45) is 1.98. The van der Waals surface area contributed by atoms with E-state index in [-0.39, 0.29) is 11.8 Å². The molecule has 0 amide bonds. The van der Waals surface area contributed by atoms with Crippen LogP contribution in [0, 0.1) is 5.82 Å². The van der Waals surface area contributed by atoms with Gasteiger partial charge in [-0.05, 0) is 18.9 Å². The van der Waals surface area contributed by atoms with E-state index in [4.69, 9.17) is 15.6 Å². The third kappa shape index (κ3) is 2.78. The first kappa shape index (κ1) is 13.6. The van der Waals surface area contributed by atoms with Crippen LogP contribution in [-0.4, -0.2) is 37.4 Å². The maximum atomic E-state index is 13.7. The topological polar surface area (TPSA) is 75.8 Å². The van der Waals surface area contributed by atoms with Gasteiger partial charge in [0.25, 0.3) is 0 Å².